The first kappa shape index (κ1) is 22.2. The molecule has 0 spiro atoms. The molecule has 3 heteroatoms. The van der Waals surface area contributed by atoms with E-state index in [1.54, 1.807) is 0 Å². The molecule has 0 saturated heterocycles. The summed E-state index contributed by atoms with van der Waals surface area (Å²) in [6.45, 7) is 14.6. The van der Waals surface area contributed by atoms with E-state index < -0.39 is 0 Å². The third-order valence-electron chi connectivity index (χ3n) is 9.17. The molecule has 2 saturated carbocycles. The summed E-state index contributed by atoms with van der Waals surface area (Å²) in [4.78, 5) is 6.62. The number of nitrogens with zero attached hydrogens (tertiary/aromatic N) is 2. The molecule has 3 nitrogen and oxygen atoms in total. The predicted octanol–water partition coefficient (Wildman–Crippen LogP) is 5.88. The van der Waals surface area contributed by atoms with E-state index in [1.165, 1.54) is 24.0 Å². The summed E-state index contributed by atoms with van der Waals surface area (Å²) in [5.74, 6) is 0.855. The van der Waals surface area contributed by atoms with Crippen LogP contribution in [0.25, 0.3) is 0 Å². The molecule has 2 aliphatic carbocycles. The lowest BCUT2D eigenvalue weighted by atomic mass is 9.69. The first-order chi connectivity index (χ1) is 14.6. The van der Waals surface area contributed by atoms with Crippen LogP contribution in [0.4, 0.5) is 0 Å². The molecule has 0 N–H and O–H groups in total. The first-order valence-electron chi connectivity index (χ1n) is 12.1. The topological polar surface area (TPSA) is 38.7 Å². The highest BCUT2D eigenvalue weighted by Gasteiger charge is 2.61. The normalized spacial score (nSPS) is 32.5. The van der Waals surface area contributed by atoms with Crippen molar-refractivity contribution in [3.63, 3.8) is 0 Å². The van der Waals surface area contributed by atoms with Crippen molar-refractivity contribution in [3.05, 3.63) is 53.4 Å². The molecule has 1 heterocycles. The number of rotatable bonds is 5. The Morgan fingerprint density at radius 1 is 1.23 bits per heavy atom. The zero-order chi connectivity index (χ0) is 22.4. The fourth-order valence-corrected chi connectivity index (χ4v) is 6.67. The molecule has 3 unspecified atom stereocenters. The Morgan fingerprint density at radius 2 is 1.94 bits per heavy atom. The maximum absolute atomic E-state index is 13.3. The van der Waals surface area contributed by atoms with Gasteiger partial charge in [0.2, 0.25) is 0 Å². The molecule has 3 aliphatic rings. The van der Waals surface area contributed by atoms with Gasteiger partial charge in [-0.05, 0) is 59.0 Å². The van der Waals surface area contributed by atoms with Crippen molar-refractivity contribution in [1.82, 2.24) is 4.90 Å². The van der Waals surface area contributed by atoms with Crippen LogP contribution in [0.1, 0.15) is 85.1 Å². The molecule has 4 atom stereocenters. The molecule has 1 aromatic carbocycles. The van der Waals surface area contributed by atoms with Crippen molar-refractivity contribution in [1.29, 1.82) is 0 Å². The third-order valence-corrected chi connectivity index (χ3v) is 9.17. The monoisotopic (exact) mass is 419 g/mol. The van der Waals surface area contributed by atoms with Gasteiger partial charge in [0.1, 0.15) is 0 Å². The van der Waals surface area contributed by atoms with Crippen LogP contribution in [0.3, 0.4) is 0 Å². The molecule has 1 aliphatic heterocycles. The molecular formula is C28H39N2O-. The molecule has 2 bridgehead atoms. The van der Waals surface area contributed by atoms with Crippen molar-refractivity contribution in [2.45, 2.75) is 85.6 Å². The van der Waals surface area contributed by atoms with E-state index >= 15 is 0 Å². The van der Waals surface area contributed by atoms with E-state index in [4.69, 9.17) is 4.99 Å². The van der Waals surface area contributed by atoms with E-state index in [-0.39, 0.29) is 34.2 Å². The van der Waals surface area contributed by atoms with Crippen molar-refractivity contribution in [3.8, 4) is 0 Å². The van der Waals surface area contributed by atoms with Gasteiger partial charge in [0.15, 0.2) is 0 Å². The Labute approximate surface area is 189 Å². The van der Waals surface area contributed by atoms with Crippen LogP contribution in [0, 0.1) is 22.2 Å². The Morgan fingerprint density at radius 3 is 2.52 bits per heavy atom. The van der Waals surface area contributed by atoms with Crippen LogP contribution in [0.2, 0.25) is 0 Å². The van der Waals surface area contributed by atoms with Gasteiger partial charge in [0, 0.05) is 18.7 Å². The number of aliphatic imine (C=N–C) groups is 1. The molecule has 2 fully saturated rings. The van der Waals surface area contributed by atoms with E-state index in [9.17, 15) is 5.11 Å². The first-order valence-corrected chi connectivity index (χ1v) is 12.1. The summed E-state index contributed by atoms with van der Waals surface area (Å²) in [5, 5.41) is 13.3. The lowest BCUT2D eigenvalue weighted by Crippen LogP contribution is -2.44. The summed E-state index contributed by atoms with van der Waals surface area (Å²) >= 11 is 0. The SMILES string of the molecule is CCCC(C)(C)C1=C=CN(C([O-])=NC2CC3CC[C@]2(C)C3(C)C)CC1c1ccccc1. The van der Waals surface area contributed by atoms with Crippen LogP contribution in [-0.4, -0.2) is 23.5 Å². The van der Waals surface area contributed by atoms with Crippen molar-refractivity contribution >= 4 is 6.02 Å². The molecule has 0 amide bonds. The van der Waals surface area contributed by atoms with Crippen molar-refractivity contribution in [2.24, 2.45) is 27.2 Å². The molecule has 4 rings (SSSR count). The standard InChI is InChI=1S/C28H40N2O/c1-7-15-26(2,3)23-14-17-30(19-22(23)20-11-9-8-10-12-20)25(31)29-24-18-21-13-16-28(24,6)27(21,4)5/h8-12,17,21-22,24H,7,13,15-16,18-19H2,1-6H3,(H,29,31)/p-1/t21?,22?,24?,28-/m0/s1. The van der Waals surface area contributed by atoms with Crippen LogP contribution < -0.4 is 5.11 Å². The van der Waals surface area contributed by atoms with E-state index in [2.05, 4.69) is 77.6 Å². The minimum atomic E-state index is -0.0876. The van der Waals surface area contributed by atoms with Gasteiger partial charge in [-0.3, -0.25) is 4.99 Å². The van der Waals surface area contributed by atoms with Gasteiger partial charge in [0.25, 0.3) is 0 Å². The molecule has 31 heavy (non-hydrogen) atoms. The highest BCUT2D eigenvalue weighted by molar-refractivity contribution is 5.71. The number of amidine groups is 1. The maximum atomic E-state index is 13.3. The zero-order valence-electron chi connectivity index (χ0n) is 20.2. The number of hydrogen-bond acceptors (Lipinski definition) is 2. The van der Waals surface area contributed by atoms with Gasteiger partial charge in [-0.2, -0.15) is 0 Å². The largest absolute Gasteiger partial charge is 0.846 e. The summed E-state index contributed by atoms with van der Waals surface area (Å²) < 4.78 is 0. The molecular weight excluding hydrogens is 380 g/mol. The number of benzene rings is 1. The quantitative estimate of drug-likeness (QED) is 0.339. The fraction of sp³-hybridized carbons (Fsp3) is 0.643. The third kappa shape index (κ3) is 3.65. The maximum Gasteiger partial charge on any atom is 0.0571 e. The summed E-state index contributed by atoms with van der Waals surface area (Å²) in [7, 11) is 0. The Kier molecular flexibility index (Phi) is 5.63. The summed E-state index contributed by atoms with van der Waals surface area (Å²) in [6.07, 6.45) is 7.64. The number of fused-ring (bicyclic) bond motifs is 2. The van der Waals surface area contributed by atoms with Crippen LogP contribution in [0.5, 0.6) is 0 Å². The van der Waals surface area contributed by atoms with Gasteiger partial charge in [-0.1, -0.05) is 78.3 Å². The molecule has 1 aromatic rings. The second-order valence-corrected chi connectivity index (χ2v) is 11.5. The predicted molar refractivity (Wildman–Crippen MR) is 127 cm³/mol. The Bertz CT molecular complexity index is 906. The van der Waals surface area contributed by atoms with Crippen molar-refractivity contribution in [2.75, 3.05) is 6.54 Å². The zero-order valence-corrected chi connectivity index (χ0v) is 20.2. The minimum Gasteiger partial charge on any atom is -0.846 e. The number of hydrogen-bond donors (Lipinski definition) is 0. The average Bonchev–Trinajstić information content (AvgIpc) is 3.07. The second kappa shape index (κ2) is 7.85. The smallest absolute Gasteiger partial charge is 0.0571 e. The summed E-state index contributed by atoms with van der Waals surface area (Å²) in [5.41, 5.74) is 6.56. The summed E-state index contributed by atoms with van der Waals surface area (Å²) in [6, 6.07) is 10.6. The fourth-order valence-electron chi connectivity index (χ4n) is 6.67. The van der Waals surface area contributed by atoms with Gasteiger partial charge in [-0.25, -0.2) is 0 Å². The molecule has 168 valence electrons. The Balaban J connectivity index is 1.65. The minimum absolute atomic E-state index is 0.0557. The van der Waals surface area contributed by atoms with Crippen molar-refractivity contribution < 1.29 is 5.11 Å². The molecule has 0 radical (unpaired) electrons. The van der Waals surface area contributed by atoms with Gasteiger partial charge in [0.05, 0.1) is 12.1 Å². The molecule has 0 aromatic heterocycles. The van der Waals surface area contributed by atoms with Gasteiger partial charge < -0.3 is 10.0 Å². The van der Waals surface area contributed by atoms with E-state index in [0.717, 1.165) is 19.3 Å². The van der Waals surface area contributed by atoms with E-state index in [0.29, 0.717) is 12.5 Å². The van der Waals surface area contributed by atoms with Crippen LogP contribution in [-0.2, 0) is 0 Å². The highest BCUT2D eigenvalue weighted by Crippen LogP contribution is 2.66. The lowest BCUT2D eigenvalue weighted by Gasteiger charge is -2.41. The van der Waals surface area contributed by atoms with Gasteiger partial charge >= 0.3 is 0 Å². The Hall–Kier alpha value is -1.99. The van der Waals surface area contributed by atoms with Crippen LogP contribution >= 0.6 is 0 Å². The van der Waals surface area contributed by atoms with Gasteiger partial charge in [-0.15, -0.1) is 5.73 Å². The lowest BCUT2D eigenvalue weighted by molar-refractivity contribution is -0.233. The highest BCUT2D eigenvalue weighted by atomic mass is 16.3. The average molecular weight is 420 g/mol. The van der Waals surface area contributed by atoms with Crippen LogP contribution in [0.15, 0.2) is 52.8 Å². The van der Waals surface area contributed by atoms with E-state index in [1.807, 2.05) is 11.1 Å². The second-order valence-electron chi connectivity index (χ2n) is 11.5.